The van der Waals surface area contributed by atoms with Crippen molar-refractivity contribution in [1.82, 2.24) is 9.88 Å². The summed E-state index contributed by atoms with van der Waals surface area (Å²) in [5, 5.41) is 0. The monoisotopic (exact) mass is 175 g/mol. The number of amides is 1. The van der Waals surface area contributed by atoms with Crippen LogP contribution in [0.25, 0.3) is 0 Å². The summed E-state index contributed by atoms with van der Waals surface area (Å²) in [4.78, 5) is 17.4. The van der Waals surface area contributed by atoms with E-state index in [1.165, 1.54) is 0 Å². The highest BCUT2D eigenvalue weighted by molar-refractivity contribution is 5.94. The fourth-order valence-corrected chi connectivity index (χ4v) is 1.44. The van der Waals surface area contributed by atoms with Gasteiger partial charge in [-0.15, -0.1) is 0 Å². The standard InChI is InChI=1S/C10H11N2O/c13-10(12-6-1-2-7-12)9-4-3-5-11-8-9/h3-6,8H,1-2,7H2. The van der Waals surface area contributed by atoms with Gasteiger partial charge in [0.15, 0.2) is 0 Å². The topological polar surface area (TPSA) is 33.2 Å². The third-order valence-corrected chi connectivity index (χ3v) is 2.12. The molecule has 0 atom stereocenters. The van der Waals surface area contributed by atoms with Crippen molar-refractivity contribution in [2.45, 2.75) is 12.8 Å². The van der Waals surface area contributed by atoms with E-state index < -0.39 is 0 Å². The third-order valence-electron chi connectivity index (χ3n) is 2.12. The molecule has 1 radical (unpaired) electrons. The number of nitrogens with zero attached hydrogens (tertiary/aromatic N) is 2. The lowest BCUT2D eigenvalue weighted by molar-refractivity contribution is 0.0820. The molecular weight excluding hydrogens is 164 g/mol. The number of pyridine rings is 1. The van der Waals surface area contributed by atoms with Crippen LogP contribution in [0.1, 0.15) is 23.2 Å². The molecule has 0 unspecified atom stereocenters. The molecule has 0 N–H and O–H groups in total. The minimum Gasteiger partial charge on any atom is -0.334 e. The lowest BCUT2D eigenvalue weighted by atomic mass is 10.2. The normalized spacial score (nSPS) is 16.2. The van der Waals surface area contributed by atoms with E-state index in [1.807, 2.05) is 6.54 Å². The van der Waals surface area contributed by atoms with Crippen molar-refractivity contribution in [2.24, 2.45) is 0 Å². The van der Waals surface area contributed by atoms with E-state index >= 15 is 0 Å². The van der Waals surface area contributed by atoms with Gasteiger partial charge in [-0.1, -0.05) is 0 Å². The van der Waals surface area contributed by atoms with Gasteiger partial charge >= 0.3 is 0 Å². The third kappa shape index (κ3) is 1.69. The van der Waals surface area contributed by atoms with Gasteiger partial charge in [-0.25, -0.2) is 0 Å². The molecule has 1 saturated heterocycles. The van der Waals surface area contributed by atoms with Crippen LogP contribution in [0.15, 0.2) is 24.5 Å². The van der Waals surface area contributed by atoms with Crippen LogP contribution in [0.4, 0.5) is 0 Å². The Morgan fingerprint density at radius 1 is 1.54 bits per heavy atom. The fraction of sp³-hybridized carbons (Fsp3) is 0.300. The molecule has 0 spiro atoms. The van der Waals surface area contributed by atoms with E-state index in [-0.39, 0.29) is 5.91 Å². The van der Waals surface area contributed by atoms with E-state index in [0.29, 0.717) is 5.56 Å². The molecule has 2 rings (SSSR count). The smallest absolute Gasteiger partial charge is 0.255 e. The molecule has 1 fully saturated rings. The van der Waals surface area contributed by atoms with Crippen molar-refractivity contribution in [3.05, 3.63) is 36.6 Å². The fourth-order valence-electron chi connectivity index (χ4n) is 1.44. The van der Waals surface area contributed by atoms with Crippen molar-refractivity contribution in [3.8, 4) is 0 Å². The van der Waals surface area contributed by atoms with Crippen molar-refractivity contribution in [1.29, 1.82) is 0 Å². The zero-order valence-corrected chi connectivity index (χ0v) is 7.31. The van der Waals surface area contributed by atoms with Gasteiger partial charge in [0.1, 0.15) is 0 Å². The predicted octanol–water partition coefficient (Wildman–Crippen LogP) is 1.48. The Morgan fingerprint density at radius 2 is 2.46 bits per heavy atom. The van der Waals surface area contributed by atoms with Gasteiger partial charge in [0, 0.05) is 18.9 Å². The molecule has 0 aliphatic carbocycles. The second-order valence-electron chi connectivity index (χ2n) is 3.07. The number of likely N-dealkylation sites (tertiary alicyclic amines) is 1. The maximum absolute atomic E-state index is 11.7. The molecule has 1 aliphatic heterocycles. The summed E-state index contributed by atoms with van der Waals surface area (Å²) in [6.45, 7) is 2.79. The Balaban J connectivity index is 2.13. The van der Waals surface area contributed by atoms with Crippen LogP contribution in [0.3, 0.4) is 0 Å². The van der Waals surface area contributed by atoms with E-state index in [1.54, 1.807) is 29.4 Å². The maximum Gasteiger partial charge on any atom is 0.255 e. The Hall–Kier alpha value is -1.38. The van der Waals surface area contributed by atoms with Crippen molar-refractivity contribution >= 4 is 5.91 Å². The molecule has 1 amide bonds. The first-order valence-electron chi connectivity index (χ1n) is 4.42. The van der Waals surface area contributed by atoms with Gasteiger partial charge in [-0.05, 0) is 25.0 Å². The Kier molecular flexibility index (Phi) is 2.25. The molecule has 3 heteroatoms. The van der Waals surface area contributed by atoms with Crippen LogP contribution in [-0.2, 0) is 0 Å². The molecule has 2 heterocycles. The highest BCUT2D eigenvalue weighted by Gasteiger charge is 2.19. The molecule has 0 bridgehead atoms. The first-order chi connectivity index (χ1) is 6.38. The highest BCUT2D eigenvalue weighted by Crippen LogP contribution is 2.15. The van der Waals surface area contributed by atoms with Crippen LogP contribution in [0.5, 0.6) is 0 Å². The number of rotatable bonds is 1. The van der Waals surface area contributed by atoms with Crippen LogP contribution in [0.2, 0.25) is 0 Å². The van der Waals surface area contributed by atoms with Gasteiger partial charge in [-0.2, -0.15) is 0 Å². The summed E-state index contributed by atoms with van der Waals surface area (Å²) >= 11 is 0. The van der Waals surface area contributed by atoms with Gasteiger partial charge in [-0.3, -0.25) is 9.78 Å². The Labute approximate surface area is 77.4 Å². The van der Waals surface area contributed by atoms with Gasteiger partial charge in [0.05, 0.1) is 12.1 Å². The quantitative estimate of drug-likeness (QED) is 0.647. The molecule has 0 saturated carbocycles. The molecular formula is C10H11N2O. The number of aromatic nitrogens is 1. The van der Waals surface area contributed by atoms with E-state index in [0.717, 1.165) is 19.4 Å². The average molecular weight is 175 g/mol. The van der Waals surface area contributed by atoms with Crippen molar-refractivity contribution in [2.75, 3.05) is 6.54 Å². The Bertz CT molecular complexity index is 291. The summed E-state index contributed by atoms with van der Waals surface area (Å²) in [6, 6.07) is 3.57. The summed E-state index contributed by atoms with van der Waals surface area (Å²) in [5.74, 6) is 0.0607. The minimum absolute atomic E-state index is 0.0607. The summed E-state index contributed by atoms with van der Waals surface area (Å²) in [5.41, 5.74) is 0.667. The lowest BCUT2D eigenvalue weighted by Gasteiger charge is -2.13. The zero-order valence-electron chi connectivity index (χ0n) is 7.31. The molecule has 67 valence electrons. The highest BCUT2D eigenvalue weighted by atomic mass is 16.2. The summed E-state index contributed by atoms with van der Waals surface area (Å²) in [7, 11) is 0. The molecule has 1 aromatic rings. The van der Waals surface area contributed by atoms with Crippen LogP contribution < -0.4 is 0 Å². The number of hydrogen-bond acceptors (Lipinski definition) is 2. The van der Waals surface area contributed by atoms with Crippen LogP contribution in [0, 0.1) is 6.54 Å². The largest absolute Gasteiger partial charge is 0.334 e. The second-order valence-corrected chi connectivity index (χ2v) is 3.07. The van der Waals surface area contributed by atoms with E-state index in [4.69, 9.17) is 0 Å². The van der Waals surface area contributed by atoms with Crippen molar-refractivity contribution in [3.63, 3.8) is 0 Å². The SMILES string of the molecule is O=C(c1cccnc1)N1[CH]CCC1. The molecule has 13 heavy (non-hydrogen) atoms. The predicted molar refractivity (Wildman–Crippen MR) is 48.8 cm³/mol. The zero-order chi connectivity index (χ0) is 9.10. The van der Waals surface area contributed by atoms with Gasteiger partial charge < -0.3 is 4.90 Å². The molecule has 3 nitrogen and oxygen atoms in total. The van der Waals surface area contributed by atoms with Crippen molar-refractivity contribution < 1.29 is 4.79 Å². The van der Waals surface area contributed by atoms with E-state index in [9.17, 15) is 4.79 Å². The number of carbonyl (C=O) groups excluding carboxylic acids is 1. The summed E-state index contributed by atoms with van der Waals surface area (Å²) in [6.07, 6.45) is 5.36. The lowest BCUT2D eigenvalue weighted by Crippen LogP contribution is -2.24. The van der Waals surface area contributed by atoms with Gasteiger partial charge in [0.25, 0.3) is 5.91 Å². The number of hydrogen-bond donors (Lipinski definition) is 0. The first-order valence-corrected chi connectivity index (χ1v) is 4.42. The summed E-state index contributed by atoms with van der Waals surface area (Å²) < 4.78 is 0. The van der Waals surface area contributed by atoms with Gasteiger partial charge in [0.2, 0.25) is 0 Å². The second kappa shape index (κ2) is 3.56. The minimum atomic E-state index is 0.0607. The Morgan fingerprint density at radius 3 is 3.08 bits per heavy atom. The molecule has 1 aliphatic rings. The van der Waals surface area contributed by atoms with Crippen LogP contribution in [-0.4, -0.2) is 22.3 Å². The maximum atomic E-state index is 11.7. The first kappa shape index (κ1) is 8.23. The van der Waals surface area contributed by atoms with Crippen LogP contribution >= 0.6 is 0 Å². The number of carbonyl (C=O) groups is 1. The molecule has 0 aromatic carbocycles. The molecule has 1 aromatic heterocycles. The average Bonchev–Trinajstić information content (AvgIpc) is 2.71. The van der Waals surface area contributed by atoms with E-state index in [2.05, 4.69) is 4.98 Å².